The van der Waals surface area contributed by atoms with Gasteiger partial charge in [-0.3, -0.25) is 14.4 Å². The summed E-state index contributed by atoms with van der Waals surface area (Å²) < 4.78 is 38.3. The van der Waals surface area contributed by atoms with Gasteiger partial charge in [-0.15, -0.1) is 6.58 Å². The van der Waals surface area contributed by atoms with Gasteiger partial charge in [-0.2, -0.15) is 8.42 Å². The van der Waals surface area contributed by atoms with E-state index in [9.17, 15) is 27.9 Å². The highest BCUT2D eigenvalue weighted by molar-refractivity contribution is 7.87. The summed E-state index contributed by atoms with van der Waals surface area (Å²) in [5.74, 6) is -1.68. The molecule has 44 heavy (non-hydrogen) atoms. The fourth-order valence-electron chi connectivity index (χ4n) is 6.30. The number of ether oxygens (including phenoxy) is 1. The van der Waals surface area contributed by atoms with Crippen molar-refractivity contribution in [3.05, 3.63) is 87.7 Å². The normalized spacial score (nSPS) is 17.4. The minimum atomic E-state index is -4.28. The molecule has 0 radical (unpaired) electrons. The molecule has 3 aliphatic rings. The molecule has 0 atom stereocenters. The van der Waals surface area contributed by atoms with Crippen LogP contribution in [0.2, 0.25) is 5.02 Å². The summed E-state index contributed by atoms with van der Waals surface area (Å²) in [6.45, 7) is 5.96. The average Bonchev–Trinajstić information content (AvgIpc) is 2.97. The molecule has 0 bridgehead atoms. The molecule has 0 aromatic heterocycles. The summed E-state index contributed by atoms with van der Waals surface area (Å²) in [5.41, 5.74) is 3.56. The van der Waals surface area contributed by atoms with Crippen molar-refractivity contribution in [2.45, 2.75) is 69.1 Å². The van der Waals surface area contributed by atoms with Gasteiger partial charge in [0, 0.05) is 58.4 Å². The summed E-state index contributed by atoms with van der Waals surface area (Å²) in [5, 5.41) is 9.83. The van der Waals surface area contributed by atoms with Gasteiger partial charge in [-0.05, 0) is 74.9 Å². The number of aliphatic carboxylic acids is 1. The van der Waals surface area contributed by atoms with E-state index < -0.39 is 22.0 Å². The van der Waals surface area contributed by atoms with E-state index >= 15 is 0 Å². The molecule has 0 unspecified atom stereocenters. The first-order valence-corrected chi connectivity index (χ1v) is 16.5. The van der Waals surface area contributed by atoms with Gasteiger partial charge in [0.25, 0.3) is 0 Å². The van der Waals surface area contributed by atoms with Crippen LogP contribution in [0.5, 0.6) is 11.5 Å². The maximum absolute atomic E-state index is 13.6. The van der Waals surface area contributed by atoms with Gasteiger partial charge >= 0.3 is 16.1 Å². The lowest BCUT2D eigenvalue weighted by molar-refractivity contribution is -0.137. The van der Waals surface area contributed by atoms with Crippen molar-refractivity contribution in [3.8, 4) is 11.5 Å². The zero-order chi connectivity index (χ0) is 31.6. The van der Waals surface area contributed by atoms with Gasteiger partial charge in [-0.25, -0.2) is 0 Å². The number of ketones is 2. The molecule has 0 spiro atoms. The van der Waals surface area contributed by atoms with Crippen LogP contribution in [0, 0.1) is 0 Å². The van der Waals surface area contributed by atoms with Gasteiger partial charge in [0.1, 0.15) is 4.90 Å². The fourth-order valence-corrected chi connectivity index (χ4v) is 7.40. The first kappa shape index (κ1) is 31.5. The second-order valence-corrected chi connectivity index (χ2v) is 12.9. The van der Waals surface area contributed by atoms with E-state index in [4.69, 9.17) is 20.5 Å². The Balaban J connectivity index is 1.70. The van der Waals surface area contributed by atoms with Crippen LogP contribution in [0.3, 0.4) is 0 Å². The average molecular weight is 640 g/mol. The molecule has 1 N–H and O–H groups in total. The molecule has 1 aliphatic heterocycles. The smallest absolute Gasteiger partial charge is 0.339 e. The lowest BCUT2D eigenvalue weighted by atomic mass is 9.70. The Morgan fingerprint density at radius 3 is 2.20 bits per heavy atom. The molecule has 232 valence electrons. The Labute approximate surface area is 261 Å². The molecule has 11 heteroatoms. The van der Waals surface area contributed by atoms with Crippen LogP contribution in [-0.2, 0) is 30.9 Å². The van der Waals surface area contributed by atoms with Crippen molar-refractivity contribution < 1.29 is 36.8 Å². The van der Waals surface area contributed by atoms with Crippen LogP contribution in [-0.4, -0.2) is 49.1 Å². The molecule has 2 aromatic carbocycles. The molecule has 0 fully saturated rings. The van der Waals surface area contributed by atoms with E-state index in [0.29, 0.717) is 65.8 Å². The van der Waals surface area contributed by atoms with Crippen molar-refractivity contribution in [3.63, 3.8) is 0 Å². The van der Waals surface area contributed by atoms with Crippen LogP contribution in [0.1, 0.15) is 68.9 Å². The van der Waals surface area contributed by atoms with E-state index in [1.807, 2.05) is 4.90 Å². The van der Waals surface area contributed by atoms with E-state index in [1.54, 1.807) is 25.1 Å². The lowest BCUT2D eigenvalue weighted by Crippen LogP contribution is -2.40. The van der Waals surface area contributed by atoms with Crippen LogP contribution < -0.4 is 8.92 Å². The highest BCUT2D eigenvalue weighted by atomic mass is 35.5. The van der Waals surface area contributed by atoms with Gasteiger partial charge in [-0.1, -0.05) is 23.7 Å². The number of nitrogens with zero attached hydrogens (tertiary/aromatic N) is 1. The lowest BCUT2D eigenvalue weighted by Gasteiger charge is -2.44. The highest BCUT2D eigenvalue weighted by Gasteiger charge is 2.43. The maximum atomic E-state index is 13.6. The molecular weight excluding hydrogens is 606 g/mol. The van der Waals surface area contributed by atoms with Gasteiger partial charge in [0.15, 0.2) is 23.1 Å². The van der Waals surface area contributed by atoms with Crippen LogP contribution >= 0.6 is 11.6 Å². The second kappa shape index (κ2) is 13.0. The third-order valence-corrected chi connectivity index (χ3v) is 9.57. The molecule has 2 aromatic rings. The number of carbonyl (C=O) groups excluding carboxylic acids is 2. The van der Waals surface area contributed by atoms with Gasteiger partial charge in [0.2, 0.25) is 0 Å². The van der Waals surface area contributed by atoms with Crippen molar-refractivity contribution in [1.29, 1.82) is 0 Å². The molecule has 0 amide bonds. The molecule has 0 saturated carbocycles. The fraction of sp³-hybridized carbons (Fsp3) is 0.364. The van der Waals surface area contributed by atoms with Crippen LogP contribution in [0.25, 0.3) is 0 Å². The van der Waals surface area contributed by atoms with E-state index in [-0.39, 0.29) is 54.0 Å². The van der Waals surface area contributed by atoms with Crippen molar-refractivity contribution in [2.75, 3.05) is 13.2 Å². The summed E-state index contributed by atoms with van der Waals surface area (Å²) in [6.07, 6.45) is 4.76. The standard InChI is InChI=1S/C33H34ClNO8S/c1-3-7-20-18-21(19-28(42-4-2)33(20)43-44(40,41)23-14-12-22(34)13-15-23)30-31-24(8-5-10-26(31)36)35(17-16-29(38)39)25-9-6-11-27(37)32(25)30/h3,12-15,18-19,30H,1,4-11,16-17H2,2H3,(H,38,39). The number of hydrogen-bond acceptors (Lipinski definition) is 8. The highest BCUT2D eigenvalue weighted by Crippen LogP contribution is 2.51. The number of benzene rings is 2. The minimum Gasteiger partial charge on any atom is -0.490 e. The molecule has 2 aliphatic carbocycles. The zero-order valence-electron chi connectivity index (χ0n) is 24.4. The number of allylic oxidation sites excluding steroid dienone is 5. The molecule has 5 rings (SSSR count). The largest absolute Gasteiger partial charge is 0.490 e. The van der Waals surface area contributed by atoms with Crippen LogP contribution in [0.15, 0.2) is 76.5 Å². The predicted octanol–water partition coefficient (Wildman–Crippen LogP) is 6.12. The number of rotatable bonds is 11. The minimum absolute atomic E-state index is 0.00214. The van der Waals surface area contributed by atoms with E-state index in [1.165, 1.54) is 24.3 Å². The first-order valence-electron chi connectivity index (χ1n) is 14.7. The Bertz CT molecular complexity index is 1650. The van der Waals surface area contributed by atoms with E-state index in [0.717, 1.165) is 11.4 Å². The maximum Gasteiger partial charge on any atom is 0.339 e. The number of carboxylic acid groups (broad SMARTS) is 1. The summed E-state index contributed by atoms with van der Waals surface area (Å²) in [4.78, 5) is 40.6. The topological polar surface area (TPSA) is 127 Å². The summed E-state index contributed by atoms with van der Waals surface area (Å²) >= 11 is 5.95. The Morgan fingerprint density at radius 2 is 1.66 bits per heavy atom. The molecule has 9 nitrogen and oxygen atoms in total. The monoisotopic (exact) mass is 639 g/mol. The number of Topliss-reactive ketones (excluding diaryl/α,β-unsaturated/α-hetero) is 2. The molecular formula is C33H34ClNO8S. The quantitative estimate of drug-likeness (QED) is 0.228. The van der Waals surface area contributed by atoms with E-state index in [2.05, 4.69) is 6.58 Å². The number of hydrogen-bond donors (Lipinski definition) is 1. The van der Waals surface area contributed by atoms with Crippen molar-refractivity contribution >= 4 is 39.3 Å². The molecule has 1 heterocycles. The summed E-state index contributed by atoms with van der Waals surface area (Å²) in [7, 11) is -4.28. The third-order valence-electron chi connectivity index (χ3n) is 8.08. The number of carbonyl (C=O) groups is 3. The van der Waals surface area contributed by atoms with Crippen LogP contribution in [0.4, 0.5) is 0 Å². The third kappa shape index (κ3) is 6.19. The Hall–Kier alpha value is -3.89. The summed E-state index contributed by atoms with van der Waals surface area (Å²) in [6, 6.07) is 9.02. The Kier molecular flexibility index (Phi) is 9.31. The first-order chi connectivity index (χ1) is 21.1. The number of halogens is 1. The Morgan fingerprint density at radius 1 is 1.05 bits per heavy atom. The number of carboxylic acids is 1. The molecule has 0 saturated heterocycles. The zero-order valence-corrected chi connectivity index (χ0v) is 26.0. The van der Waals surface area contributed by atoms with Gasteiger partial charge < -0.3 is 18.9 Å². The van der Waals surface area contributed by atoms with Crippen molar-refractivity contribution in [2.24, 2.45) is 0 Å². The predicted molar refractivity (Wildman–Crippen MR) is 164 cm³/mol. The van der Waals surface area contributed by atoms with Gasteiger partial charge in [0.05, 0.1) is 13.0 Å². The SMILES string of the molecule is C=CCc1cc(C2C3=C(CCCC3=O)N(CCC(=O)O)C3=C2C(=O)CCC3)cc(OCC)c1OS(=O)(=O)c1ccc(Cl)cc1. The van der Waals surface area contributed by atoms with Crippen molar-refractivity contribution in [1.82, 2.24) is 4.90 Å². The second-order valence-electron chi connectivity index (χ2n) is 10.9.